The molecule has 1 aromatic carbocycles. The number of aromatic nitrogens is 2. The number of carbonyl (C=O) groups excluding carboxylic acids is 1. The molecule has 2 rings (SSSR count). The van der Waals surface area contributed by atoms with Crippen LogP contribution in [-0.2, 0) is 6.54 Å². The Bertz CT molecular complexity index is 614. The van der Waals surface area contributed by atoms with Crippen LogP contribution in [0.2, 0.25) is 5.02 Å². The van der Waals surface area contributed by atoms with Crippen LogP contribution >= 0.6 is 11.6 Å². The molecule has 0 aliphatic heterocycles. The summed E-state index contributed by atoms with van der Waals surface area (Å²) in [6, 6.07) is 4.55. The number of halogens is 2. The van der Waals surface area contributed by atoms with Crippen LogP contribution in [0, 0.1) is 5.82 Å². The maximum Gasteiger partial charge on any atom is 0.277 e. The number of nitrogens with zero attached hydrogens (tertiary/aromatic N) is 2. The van der Waals surface area contributed by atoms with Gasteiger partial charge in [-0.15, -0.1) is 0 Å². The molecule has 1 amide bonds. The molecule has 2 aromatic rings. The normalized spacial score (nSPS) is 10.6. The van der Waals surface area contributed by atoms with Gasteiger partial charge in [0.05, 0.1) is 23.7 Å². The lowest BCUT2D eigenvalue weighted by Gasteiger charge is -2.06. The van der Waals surface area contributed by atoms with E-state index in [9.17, 15) is 9.18 Å². The second kappa shape index (κ2) is 7.00. The van der Waals surface area contributed by atoms with Gasteiger partial charge in [0.1, 0.15) is 12.4 Å². The van der Waals surface area contributed by atoms with Crippen LogP contribution in [0.3, 0.4) is 0 Å². The highest BCUT2D eigenvalue weighted by molar-refractivity contribution is 6.31. The van der Waals surface area contributed by atoms with Crippen LogP contribution in [0.5, 0.6) is 0 Å². The van der Waals surface area contributed by atoms with Gasteiger partial charge in [-0.1, -0.05) is 17.7 Å². The molecule has 1 heterocycles. The van der Waals surface area contributed by atoms with Crippen molar-refractivity contribution in [2.24, 2.45) is 0 Å². The van der Waals surface area contributed by atoms with Crippen molar-refractivity contribution in [2.45, 2.75) is 6.54 Å². The number of benzene rings is 1. The van der Waals surface area contributed by atoms with Crippen LogP contribution in [0.25, 0.3) is 0 Å². The first-order valence-electron chi connectivity index (χ1n) is 6.20. The molecular formula is C12H14ClFN5O2+. The van der Waals surface area contributed by atoms with Gasteiger partial charge in [0.25, 0.3) is 5.91 Å². The van der Waals surface area contributed by atoms with Crippen LogP contribution in [0.15, 0.2) is 22.8 Å². The summed E-state index contributed by atoms with van der Waals surface area (Å²) in [4.78, 5) is 11.6. The van der Waals surface area contributed by atoms with E-state index in [2.05, 4.69) is 20.3 Å². The van der Waals surface area contributed by atoms with E-state index < -0.39 is 5.91 Å². The smallest absolute Gasteiger partial charge is 0.277 e. The SMILES string of the molecule is Nc1nonc1C(=O)NCC[NH2+]Cc1c(F)cccc1Cl. The van der Waals surface area contributed by atoms with Crippen LogP contribution in [0.1, 0.15) is 16.1 Å². The fourth-order valence-corrected chi connectivity index (χ4v) is 1.94. The highest BCUT2D eigenvalue weighted by atomic mass is 35.5. The van der Waals surface area contributed by atoms with Crippen molar-refractivity contribution in [3.05, 3.63) is 40.3 Å². The molecular weight excluding hydrogens is 301 g/mol. The molecule has 21 heavy (non-hydrogen) atoms. The summed E-state index contributed by atoms with van der Waals surface area (Å²) in [5, 5.41) is 11.5. The van der Waals surface area contributed by atoms with Crippen molar-refractivity contribution in [2.75, 3.05) is 18.8 Å². The fraction of sp³-hybridized carbons (Fsp3) is 0.250. The molecule has 0 bridgehead atoms. The molecule has 0 atom stereocenters. The molecule has 0 aliphatic carbocycles. The Morgan fingerprint density at radius 1 is 1.48 bits per heavy atom. The van der Waals surface area contributed by atoms with Gasteiger partial charge in [-0.05, 0) is 22.4 Å². The third-order valence-electron chi connectivity index (χ3n) is 2.77. The quantitative estimate of drug-likeness (QED) is 0.647. The van der Waals surface area contributed by atoms with Crippen molar-refractivity contribution in [3.63, 3.8) is 0 Å². The van der Waals surface area contributed by atoms with E-state index in [-0.39, 0.29) is 17.3 Å². The maximum atomic E-state index is 13.5. The van der Waals surface area contributed by atoms with Crippen LogP contribution < -0.4 is 16.4 Å². The first-order chi connectivity index (χ1) is 10.1. The molecule has 0 aliphatic rings. The van der Waals surface area contributed by atoms with E-state index in [1.165, 1.54) is 6.07 Å². The Hall–Kier alpha value is -2.19. The van der Waals surface area contributed by atoms with Crippen LogP contribution in [-0.4, -0.2) is 29.3 Å². The molecule has 5 N–H and O–H groups in total. The lowest BCUT2D eigenvalue weighted by atomic mass is 10.2. The predicted molar refractivity (Wildman–Crippen MR) is 73.0 cm³/mol. The highest BCUT2D eigenvalue weighted by Gasteiger charge is 2.15. The zero-order chi connectivity index (χ0) is 15.2. The average Bonchev–Trinajstić information content (AvgIpc) is 2.87. The number of carbonyl (C=O) groups is 1. The number of rotatable bonds is 6. The zero-order valence-electron chi connectivity index (χ0n) is 11.0. The van der Waals surface area contributed by atoms with E-state index in [1.807, 2.05) is 5.32 Å². The standard InChI is InChI=1S/C12H13ClFN5O2/c13-8-2-1-3-9(14)7(8)6-16-4-5-17-12(20)10-11(15)19-21-18-10/h1-3,16H,4-6H2,(H2,15,19)(H,17,20)/p+1. The first kappa shape index (κ1) is 15.2. The molecule has 0 spiro atoms. The summed E-state index contributed by atoms with van der Waals surface area (Å²) in [5.41, 5.74) is 5.78. The summed E-state index contributed by atoms with van der Waals surface area (Å²) in [6.45, 7) is 1.29. The Morgan fingerprint density at radius 3 is 2.95 bits per heavy atom. The molecule has 0 unspecified atom stereocenters. The monoisotopic (exact) mass is 314 g/mol. The summed E-state index contributed by atoms with van der Waals surface area (Å²) in [7, 11) is 0. The van der Waals surface area contributed by atoms with E-state index in [0.717, 1.165) is 0 Å². The summed E-state index contributed by atoms with van der Waals surface area (Å²) in [6.07, 6.45) is 0. The molecule has 0 radical (unpaired) electrons. The second-order valence-corrected chi connectivity index (χ2v) is 4.64. The van der Waals surface area contributed by atoms with Crippen molar-refractivity contribution < 1.29 is 19.1 Å². The minimum Gasteiger partial charge on any atom is -0.379 e. The zero-order valence-corrected chi connectivity index (χ0v) is 11.7. The number of nitrogen functional groups attached to an aromatic ring is 1. The lowest BCUT2D eigenvalue weighted by Crippen LogP contribution is -2.84. The fourth-order valence-electron chi connectivity index (χ4n) is 1.70. The Balaban J connectivity index is 1.73. The van der Waals surface area contributed by atoms with Gasteiger partial charge in [0.15, 0.2) is 0 Å². The summed E-state index contributed by atoms with van der Waals surface area (Å²) in [5.74, 6) is -0.870. The molecule has 0 fully saturated rings. The van der Waals surface area contributed by atoms with Gasteiger partial charge in [-0.2, -0.15) is 0 Å². The van der Waals surface area contributed by atoms with E-state index >= 15 is 0 Å². The number of nitrogens with one attached hydrogen (secondary N) is 1. The predicted octanol–water partition coefficient (Wildman–Crippen LogP) is -0.0623. The van der Waals surface area contributed by atoms with Gasteiger partial charge in [0, 0.05) is 0 Å². The molecule has 112 valence electrons. The Labute approximate surface area is 124 Å². The largest absolute Gasteiger partial charge is 0.379 e. The summed E-state index contributed by atoms with van der Waals surface area (Å²) >= 11 is 5.91. The number of amides is 1. The molecule has 0 saturated carbocycles. The van der Waals surface area contributed by atoms with E-state index in [0.29, 0.717) is 30.2 Å². The van der Waals surface area contributed by atoms with Crippen molar-refractivity contribution in [1.29, 1.82) is 0 Å². The summed E-state index contributed by atoms with van der Waals surface area (Å²) < 4.78 is 17.8. The van der Waals surface area contributed by atoms with Crippen molar-refractivity contribution in [3.8, 4) is 0 Å². The van der Waals surface area contributed by atoms with Crippen LogP contribution in [0.4, 0.5) is 10.2 Å². The number of quaternary nitrogens is 1. The molecule has 0 saturated heterocycles. The first-order valence-corrected chi connectivity index (χ1v) is 6.58. The molecule has 1 aromatic heterocycles. The minimum absolute atomic E-state index is 0.0489. The Morgan fingerprint density at radius 2 is 2.29 bits per heavy atom. The maximum absolute atomic E-state index is 13.5. The molecule has 9 heteroatoms. The highest BCUT2D eigenvalue weighted by Crippen LogP contribution is 2.17. The third-order valence-corrected chi connectivity index (χ3v) is 3.13. The third kappa shape index (κ3) is 3.89. The van der Waals surface area contributed by atoms with Gasteiger partial charge in [0.2, 0.25) is 11.5 Å². The lowest BCUT2D eigenvalue weighted by molar-refractivity contribution is -0.669. The van der Waals surface area contributed by atoms with Crippen molar-refractivity contribution in [1.82, 2.24) is 15.6 Å². The van der Waals surface area contributed by atoms with Gasteiger partial charge < -0.3 is 16.4 Å². The Kier molecular flexibility index (Phi) is 5.07. The minimum atomic E-state index is -0.467. The topological polar surface area (TPSA) is 111 Å². The number of hydrogen-bond acceptors (Lipinski definition) is 5. The van der Waals surface area contributed by atoms with Gasteiger partial charge in [-0.3, -0.25) is 4.79 Å². The molecule has 7 nitrogen and oxygen atoms in total. The second-order valence-electron chi connectivity index (χ2n) is 4.24. The van der Waals surface area contributed by atoms with Gasteiger partial charge in [-0.25, -0.2) is 9.02 Å². The van der Waals surface area contributed by atoms with Crippen molar-refractivity contribution >= 4 is 23.3 Å². The van der Waals surface area contributed by atoms with E-state index in [1.54, 1.807) is 12.1 Å². The number of anilines is 1. The number of hydrogen-bond donors (Lipinski definition) is 3. The number of nitrogens with two attached hydrogens (primary N) is 2. The van der Waals surface area contributed by atoms with E-state index in [4.69, 9.17) is 17.3 Å². The van der Waals surface area contributed by atoms with Gasteiger partial charge >= 0.3 is 0 Å². The average molecular weight is 315 g/mol.